The lowest BCUT2D eigenvalue weighted by molar-refractivity contribution is -0.115. The number of ether oxygens (including phenoxy) is 2. The lowest BCUT2D eigenvalue weighted by Crippen LogP contribution is -2.33. The second-order valence-electron chi connectivity index (χ2n) is 6.81. The lowest BCUT2D eigenvalue weighted by Gasteiger charge is -2.19. The number of carbonyl (C=O) groups is 1. The molecule has 0 radical (unpaired) electrons. The number of anilines is 1. The van der Waals surface area contributed by atoms with E-state index in [1.807, 2.05) is 30.3 Å². The standard InChI is InChI=1S/C21H20N2O5S2/c1-14(20(24)22-16-7-8-18-19(11-16)28-10-9-27-18)30(25,26)13-17-12-29-21(23-17)15-5-3-2-4-6-15/h2-8,11-12,14H,9-10,13H2,1H3,(H,22,24)/t14-/m0/s1. The fourth-order valence-electron chi connectivity index (χ4n) is 2.95. The summed E-state index contributed by atoms with van der Waals surface area (Å²) >= 11 is 1.38. The fourth-order valence-corrected chi connectivity index (χ4v) is 5.07. The maximum Gasteiger partial charge on any atom is 0.242 e. The summed E-state index contributed by atoms with van der Waals surface area (Å²) < 4.78 is 36.5. The Hall–Kier alpha value is -2.91. The normalized spacial score (nSPS) is 14.2. The van der Waals surface area contributed by atoms with Gasteiger partial charge in [-0.2, -0.15) is 0 Å². The van der Waals surface area contributed by atoms with Crippen molar-refractivity contribution in [1.82, 2.24) is 4.98 Å². The van der Waals surface area contributed by atoms with Crippen molar-refractivity contribution in [3.05, 3.63) is 59.6 Å². The van der Waals surface area contributed by atoms with Crippen LogP contribution in [0.5, 0.6) is 11.5 Å². The molecule has 0 spiro atoms. The molecule has 1 aliphatic heterocycles. The number of sulfone groups is 1. The SMILES string of the molecule is C[C@@H](C(=O)Nc1ccc2c(c1)OCCO2)S(=O)(=O)Cc1csc(-c2ccccc2)n1. The van der Waals surface area contributed by atoms with Gasteiger partial charge >= 0.3 is 0 Å². The fraction of sp³-hybridized carbons (Fsp3) is 0.238. The number of amides is 1. The second kappa shape index (κ2) is 8.45. The van der Waals surface area contributed by atoms with E-state index in [1.54, 1.807) is 23.6 Å². The third kappa shape index (κ3) is 4.47. The highest BCUT2D eigenvalue weighted by atomic mass is 32.2. The van der Waals surface area contributed by atoms with Crippen molar-refractivity contribution in [2.24, 2.45) is 0 Å². The predicted octanol–water partition coefficient (Wildman–Crippen LogP) is 3.52. The van der Waals surface area contributed by atoms with Gasteiger partial charge in [-0.05, 0) is 19.1 Å². The van der Waals surface area contributed by atoms with Gasteiger partial charge in [0.15, 0.2) is 21.3 Å². The highest BCUT2D eigenvalue weighted by molar-refractivity contribution is 7.92. The summed E-state index contributed by atoms with van der Waals surface area (Å²) in [4.78, 5) is 17.0. The number of nitrogens with zero attached hydrogens (tertiary/aromatic N) is 1. The van der Waals surface area contributed by atoms with Crippen LogP contribution >= 0.6 is 11.3 Å². The van der Waals surface area contributed by atoms with Gasteiger partial charge in [0.1, 0.15) is 23.5 Å². The molecule has 7 nitrogen and oxygen atoms in total. The molecule has 1 atom stereocenters. The smallest absolute Gasteiger partial charge is 0.242 e. The zero-order valence-corrected chi connectivity index (χ0v) is 17.8. The van der Waals surface area contributed by atoms with E-state index < -0.39 is 21.0 Å². The molecule has 156 valence electrons. The number of benzene rings is 2. The highest BCUT2D eigenvalue weighted by Gasteiger charge is 2.29. The number of rotatable bonds is 6. The van der Waals surface area contributed by atoms with E-state index in [0.717, 1.165) is 10.6 Å². The summed E-state index contributed by atoms with van der Waals surface area (Å²) in [5.74, 6) is 0.208. The average Bonchev–Trinajstić information content (AvgIpc) is 3.21. The zero-order valence-electron chi connectivity index (χ0n) is 16.2. The van der Waals surface area contributed by atoms with Gasteiger partial charge in [-0.3, -0.25) is 4.79 Å². The molecule has 3 aromatic rings. The number of hydrogen-bond acceptors (Lipinski definition) is 7. The van der Waals surface area contributed by atoms with Crippen LogP contribution in [-0.2, 0) is 20.4 Å². The summed E-state index contributed by atoms with van der Waals surface area (Å²) in [5, 5.41) is 3.87. The van der Waals surface area contributed by atoms with Crippen molar-refractivity contribution in [1.29, 1.82) is 0 Å². The number of aromatic nitrogens is 1. The molecule has 4 rings (SSSR count). The van der Waals surface area contributed by atoms with Crippen molar-refractivity contribution in [2.75, 3.05) is 18.5 Å². The van der Waals surface area contributed by atoms with Crippen molar-refractivity contribution in [3.8, 4) is 22.1 Å². The second-order valence-corrected chi connectivity index (χ2v) is 9.99. The van der Waals surface area contributed by atoms with E-state index >= 15 is 0 Å². The molecule has 2 heterocycles. The monoisotopic (exact) mass is 444 g/mol. The Kier molecular flexibility index (Phi) is 5.74. The largest absolute Gasteiger partial charge is 0.486 e. The first-order valence-electron chi connectivity index (χ1n) is 9.34. The number of thiazole rings is 1. The Morgan fingerprint density at radius 3 is 2.63 bits per heavy atom. The van der Waals surface area contributed by atoms with Crippen LogP contribution in [0, 0.1) is 0 Å². The molecular weight excluding hydrogens is 424 g/mol. The molecule has 0 bridgehead atoms. The topological polar surface area (TPSA) is 94.6 Å². The summed E-state index contributed by atoms with van der Waals surface area (Å²) in [6.07, 6.45) is 0. The first-order valence-corrected chi connectivity index (χ1v) is 11.9. The third-order valence-electron chi connectivity index (χ3n) is 4.64. The minimum absolute atomic E-state index is 0.300. The molecule has 0 aliphatic carbocycles. The van der Waals surface area contributed by atoms with Crippen molar-refractivity contribution >= 4 is 32.8 Å². The Morgan fingerprint density at radius 2 is 1.87 bits per heavy atom. The quantitative estimate of drug-likeness (QED) is 0.625. The highest BCUT2D eigenvalue weighted by Crippen LogP contribution is 2.32. The van der Waals surface area contributed by atoms with Crippen LogP contribution in [0.3, 0.4) is 0 Å². The molecule has 0 unspecified atom stereocenters. The molecule has 9 heteroatoms. The molecule has 0 saturated heterocycles. The Labute approximate surface area is 178 Å². The molecule has 1 aliphatic rings. The van der Waals surface area contributed by atoms with Crippen molar-refractivity contribution < 1.29 is 22.7 Å². The van der Waals surface area contributed by atoms with Gasteiger partial charge in [-0.15, -0.1) is 11.3 Å². The maximum atomic E-state index is 12.8. The van der Waals surface area contributed by atoms with Crippen molar-refractivity contribution in [2.45, 2.75) is 17.9 Å². The number of fused-ring (bicyclic) bond motifs is 1. The van der Waals surface area contributed by atoms with E-state index in [4.69, 9.17) is 9.47 Å². The summed E-state index contributed by atoms with van der Waals surface area (Å²) in [5.41, 5.74) is 1.81. The van der Waals surface area contributed by atoms with Crippen LogP contribution in [0.15, 0.2) is 53.9 Å². The minimum atomic E-state index is -3.74. The van der Waals surface area contributed by atoms with E-state index in [2.05, 4.69) is 10.3 Å². The molecule has 30 heavy (non-hydrogen) atoms. The summed E-state index contributed by atoms with van der Waals surface area (Å²) in [7, 11) is -3.74. The van der Waals surface area contributed by atoms with Gasteiger partial charge < -0.3 is 14.8 Å². The summed E-state index contributed by atoms with van der Waals surface area (Å²) in [6.45, 7) is 2.28. The minimum Gasteiger partial charge on any atom is -0.486 e. The van der Waals surface area contributed by atoms with Gasteiger partial charge in [0.2, 0.25) is 5.91 Å². The Bertz CT molecular complexity index is 1160. The molecular formula is C21H20N2O5S2. The Balaban J connectivity index is 1.43. The molecule has 0 saturated carbocycles. The van der Waals surface area contributed by atoms with Crippen LogP contribution in [0.2, 0.25) is 0 Å². The van der Waals surface area contributed by atoms with E-state index in [9.17, 15) is 13.2 Å². The molecule has 1 aromatic heterocycles. The van der Waals surface area contributed by atoms with Gasteiger partial charge in [0.05, 0.1) is 11.4 Å². The molecule has 1 N–H and O–H groups in total. The van der Waals surface area contributed by atoms with Crippen LogP contribution in [0.1, 0.15) is 12.6 Å². The van der Waals surface area contributed by atoms with Crippen LogP contribution in [0.25, 0.3) is 10.6 Å². The van der Waals surface area contributed by atoms with Gasteiger partial charge in [0, 0.05) is 22.7 Å². The van der Waals surface area contributed by atoms with Crippen molar-refractivity contribution in [3.63, 3.8) is 0 Å². The number of nitrogens with one attached hydrogen (secondary N) is 1. The van der Waals surface area contributed by atoms with E-state index in [0.29, 0.717) is 36.1 Å². The zero-order chi connectivity index (χ0) is 21.1. The molecule has 0 fully saturated rings. The first kappa shape index (κ1) is 20.4. The predicted molar refractivity (Wildman–Crippen MR) is 116 cm³/mol. The van der Waals surface area contributed by atoms with Crippen LogP contribution in [-0.4, -0.2) is 37.8 Å². The van der Waals surface area contributed by atoms with Crippen LogP contribution < -0.4 is 14.8 Å². The molecule has 2 aromatic carbocycles. The number of carbonyl (C=O) groups excluding carboxylic acids is 1. The summed E-state index contributed by atoms with van der Waals surface area (Å²) in [6, 6.07) is 14.5. The molecule has 1 amide bonds. The van der Waals surface area contributed by atoms with Gasteiger partial charge in [0.25, 0.3) is 0 Å². The van der Waals surface area contributed by atoms with Crippen LogP contribution in [0.4, 0.5) is 5.69 Å². The number of hydrogen-bond donors (Lipinski definition) is 1. The maximum absolute atomic E-state index is 12.8. The lowest BCUT2D eigenvalue weighted by atomic mass is 10.2. The van der Waals surface area contributed by atoms with Gasteiger partial charge in [-0.25, -0.2) is 13.4 Å². The van der Waals surface area contributed by atoms with E-state index in [-0.39, 0.29) is 5.75 Å². The Morgan fingerprint density at radius 1 is 1.13 bits per heavy atom. The van der Waals surface area contributed by atoms with Gasteiger partial charge in [-0.1, -0.05) is 30.3 Å². The van der Waals surface area contributed by atoms with E-state index in [1.165, 1.54) is 18.3 Å². The third-order valence-corrected chi connectivity index (χ3v) is 7.57. The first-order chi connectivity index (χ1) is 14.4. The average molecular weight is 445 g/mol.